The molecule has 7 heteroatoms. The maximum atomic E-state index is 4.42. The van der Waals surface area contributed by atoms with E-state index in [0.29, 0.717) is 11.5 Å². The number of benzene rings is 1. The molecule has 0 aliphatic carbocycles. The van der Waals surface area contributed by atoms with E-state index in [2.05, 4.69) is 30.4 Å². The lowest BCUT2D eigenvalue weighted by Gasteiger charge is -2.06. The van der Waals surface area contributed by atoms with Crippen LogP contribution >= 0.6 is 0 Å². The van der Waals surface area contributed by atoms with Gasteiger partial charge in [-0.2, -0.15) is 0 Å². The zero-order chi connectivity index (χ0) is 15.5. The molecule has 0 unspecified atom stereocenters. The van der Waals surface area contributed by atoms with Gasteiger partial charge < -0.3 is 0 Å². The lowest BCUT2D eigenvalue weighted by atomic mass is 10.1. The molecule has 23 heavy (non-hydrogen) atoms. The second-order valence-electron chi connectivity index (χ2n) is 4.73. The summed E-state index contributed by atoms with van der Waals surface area (Å²) in [6, 6.07) is 13.3. The third kappa shape index (κ3) is 2.55. The fourth-order valence-electron chi connectivity index (χ4n) is 2.22. The van der Waals surface area contributed by atoms with E-state index in [0.717, 1.165) is 16.9 Å². The molecule has 0 aliphatic heterocycles. The van der Waals surface area contributed by atoms with E-state index in [4.69, 9.17) is 0 Å². The van der Waals surface area contributed by atoms with Crippen LogP contribution in [0.15, 0.2) is 67.3 Å². The summed E-state index contributed by atoms with van der Waals surface area (Å²) in [5, 5.41) is 12.6. The van der Waals surface area contributed by atoms with Gasteiger partial charge in [-0.05, 0) is 23.4 Å². The lowest BCUT2D eigenvalue weighted by Crippen LogP contribution is -2.02. The van der Waals surface area contributed by atoms with Gasteiger partial charge in [-0.3, -0.25) is 15.0 Å². The van der Waals surface area contributed by atoms with Crippen LogP contribution in [-0.4, -0.2) is 35.2 Å². The highest BCUT2D eigenvalue weighted by molar-refractivity contribution is 5.68. The van der Waals surface area contributed by atoms with Crippen LogP contribution in [0.2, 0.25) is 0 Å². The van der Waals surface area contributed by atoms with Crippen LogP contribution in [-0.2, 0) is 0 Å². The van der Waals surface area contributed by atoms with Crippen LogP contribution in [0.4, 0.5) is 0 Å². The minimum Gasteiger partial charge on any atom is -0.261 e. The van der Waals surface area contributed by atoms with Crippen LogP contribution < -0.4 is 0 Å². The van der Waals surface area contributed by atoms with E-state index in [1.54, 1.807) is 24.8 Å². The van der Waals surface area contributed by atoms with Crippen molar-refractivity contribution in [2.24, 2.45) is 0 Å². The summed E-state index contributed by atoms with van der Waals surface area (Å²) in [6.45, 7) is 0. The Morgan fingerprint density at radius 1 is 0.783 bits per heavy atom. The summed E-state index contributed by atoms with van der Waals surface area (Å²) in [4.78, 5) is 14.2. The van der Waals surface area contributed by atoms with Gasteiger partial charge in [0.05, 0.1) is 17.6 Å². The van der Waals surface area contributed by atoms with Gasteiger partial charge in [-0.15, -0.1) is 15.0 Å². The van der Waals surface area contributed by atoms with Crippen LogP contribution in [0.3, 0.4) is 0 Å². The van der Waals surface area contributed by atoms with Crippen LogP contribution in [0.5, 0.6) is 0 Å². The van der Waals surface area contributed by atoms with Crippen LogP contribution in [0.1, 0.15) is 0 Å². The average Bonchev–Trinajstić information content (AvgIpc) is 3.13. The first-order valence-electron chi connectivity index (χ1n) is 6.99. The summed E-state index contributed by atoms with van der Waals surface area (Å²) in [5.74, 6) is 0.472. The molecule has 0 N–H and O–H groups in total. The van der Waals surface area contributed by atoms with E-state index in [9.17, 15) is 0 Å². The number of nitrogens with zero attached hydrogens (tertiary/aromatic N) is 7. The number of tetrazole rings is 1. The van der Waals surface area contributed by atoms with Crippen molar-refractivity contribution in [3.63, 3.8) is 0 Å². The topological polar surface area (TPSA) is 82.3 Å². The molecule has 4 rings (SSSR count). The van der Waals surface area contributed by atoms with Crippen molar-refractivity contribution in [1.82, 2.24) is 35.2 Å². The Kier molecular flexibility index (Phi) is 3.28. The van der Waals surface area contributed by atoms with E-state index >= 15 is 0 Å². The fraction of sp³-hybridized carbons (Fsp3) is 0. The molecule has 0 aliphatic rings. The van der Waals surface area contributed by atoms with Gasteiger partial charge in [0.25, 0.3) is 0 Å². The quantitative estimate of drug-likeness (QED) is 0.577. The molecule has 1 aromatic carbocycles. The van der Waals surface area contributed by atoms with E-state index in [-0.39, 0.29) is 0 Å². The van der Waals surface area contributed by atoms with Crippen molar-refractivity contribution < 1.29 is 0 Å². The maximum absolute atomic E-state index is 4.42. The number of hydrogen-bond donors (Lipinski definition) is 0. The molecule has 0 saturated heterocycles. The first-order valence-corrected chi connectivity index (χ1v) is 6.99. The van der Waals surface area contributed by atoms with Crippen molar-refractivity contribution in [3.05, 3.63) is 67.3 Å². The first-order chi connectivity index (χ1) is 11.4. The molecule has 4 aromatic rings. The van der Waals surface area contributed by atoms with Crippen molar-refractivity contribution in [2.75, 3.05) is 0 Å². The second kappa shape index (κ2) is 5.72. The summed E-state index contributed by atoms with van der Waals surface area (Å²) >= 11 is 0. The summed E-state index contributed by atoms with van der Waals surface area (Å²) in [5.41, 5.74) is 3.09. The van der Waals surface area contributed by atoms with Crippen LogP contribution in [0, 0.1) is 0 Å². The summed E-state index contributed by atoms with van der Waals surface area (Å²) in [7, 11) is 0. The third-order valence-corrected chi connectivity index (χ3v) is 3.27. The highest BCUT2D eigenvalue weighted by Gasteiger charge is 2.12. The Balaban J connectivity index is 1.79. The summed E-state index contributed by atoms with van der Waals surface area (Å²) in [6.07, 6.45) is 6.69. The fourth-order valence-corrected chi connectivity index (χ4v) is 2.22. The van der Waals surface area contributed by atoms with Gasteiger partial charge >= 0.3 is 0 Å². The zero-order valence-corrected chi connectivity index (χ0v) is 12.0. The molecule has 0 amide bonds. The number of hydrogen-bond acceptors (Lipinski definition) is 6. The largest absolute Gasteiger partial charge is 0.261 e. The maximum Gasteiger partial charge on any atom is 0.223 e. The van der Waals surface area contributed by atoms with Gasteiger partial charge in [-0.1, -0.05) is 24.3 Å². The van der Waals surface area contributed by atoms with Crippen molar-refractivity contribution in [3.8, 4) is 28.5 Å². The smallest absolute Gasteiger partial charge is 0.223 e. The minimum atomic E-state index is 0.472. The first kappa shape index (κ1) is 13.2. The third-order valence-electron chi connectivity index (χ3n) is 3.27. The number of rotatable bonds is 3. The Labute approximate surface area is 131 Å². The van der Waals surface area contributed by atoms with Crippen LogP contribution in [0.25, 0.3) is 28.5 Å². The van der Waals surface area contributed by atoms with Gasteiger partial charge in [0.2, 0.25) is 5.82 Å². The number of pyridine rings is 1. The highest BCUT2D eigenvalue weighted by atomic mass is 15.6. The van der Waals surface area contributed by atoms with Gasteiger partial charge in [0.15, 0.2) is 0 Å². The summed E-state index contributed by atoms with van der Waals surface area (Å²) < 4.78 is 0. The lowest BCUT2D eigenvalue weighted by molar-refractivity contribution is 0.721. The molecule has 3 aromatic heterocycles. The van der Waals surface area contributed by atoms with E-state index < -0.39 is 0 Å². The molecule has 3 heterocycles. The molecule has 110 valence electrons. The van der Waals surface area contributed by atoms with E-state index in [1.165, 1.54) is 4.80 Å². The Bertz CT molecular complexity index is 919. The minimum absolute atomic E-state index is 0.472. The Morgan fingerprint density at radius 3 is 2.48 bits per heavy atom. The molecular formula is C16H11N7. The molecule has 0 bridgehead atoms. The Morgan fingerprint density at radius 2 is 1.65 bits per heavy atom. The van der Waals surface area contributed by atoms with Gasteiger partial charge in [0.1, 0.15) is 5.69 Å². The molecule has 0 saturated carbocycles. The predicted octanol–water partition coefficient (Wildman–Crippen LogP) is 2.18. The molecule has 0 atom stereocenters. The molecule has 0 spiro atoms. The standard InChI is InChI=1S/C16H11N7/c1-2-7-15(12(5-1)14-11-17-9-10-19-14)23-21-16(20-22-23)13-6-3-4-8-18-13/h1-11H. The highest BCUT2D eigenvalue weighted by Crippen LogP contribution is 2.23. The van der Waals surface area contributed by atoms with Gasteiger partial charge in [-0.25, -0.2) is 0 Å². The van der Waals surface area contributed by atoms with Crippen molar-refractivity contribution in [2.45, 2.75) is 0 Å². The van der Waals surface area contributed by atoms with Crippen molar-refractivity contribution in [1.29, 1.82) is 0 Å². The predicted molar refractivity (Wildman–Crippen MR) is 83.4 cm³/mol. The average molecular weight is 301 g/mol. The Hall–Kier alpha value is -3.48. The van der Waals surface area contributed by atoms with Gasteiger partial charge in [0, 0.05) is 24.2 Å². The molecule has 0 radical (unpaired) electrons. The normalized spacial score (nSPS) is 10.6. The number of para-hydroxylation sites is 1. The second-order valence-corrected chi connectivity index (χ2v) is 4.73. The molecule has 0 fully saturated rings. The van der Waals surface area contributed by atoms with E-state index in [1.807, 2.05) is 42.5 Å². The number of aromatic nitrogens is 7. The molecular weight excluding hydrogens is 290 g/mol. The SMILES string of the molecule is c1ccc(-c2nnn(-c3ccccc3-c3cnccn3)n2)nc1. The zero-order valence-electron chi connectivity index (χ0n) is 12.0. The van der Waals surface area contributed by atoms with Crippen molar-refractivity contribution >= 4 is 0 Å². The molecule has 7 nitrogen and oxygen atoms in total. The monoisotopic (exact) mass is 301 g/mol.